The molecule has 0 unspecified atom stereocenters. The first-order valence-electron chi connectivity index (χ1n) is 8.66. The van der Waals surface area contributed by atoms with E-state index < -0.39 is 18.4 Å². The molecule has 0 bridgehead atoms. The number of aryl methyl sites for hydroxylation is 1. The highest BCUT2D eigenvalue weighted by atomic mass is 32.2. The van der Waals surface area contributed by atoms with Crippen LogP contribution in [0.4, 0.5) is 5.69 Å². The minimum Gasteiger partial charge on any atom is -0.480 e. The van der Waals surface area contributed by atoms with Crippen LogP contribution in [0.5, 0.6) is 0 Å². The van der Waals surface area contributed by atoms with E-state index in [-0.39, 0.29) is 5.91 Å². The lowest BCUT2D eigenvalue weighted by molar-refractivity contribution is -0.135. The smallest absolute Gasteiger partial charge is 0.322 e. The predicted molar refractivity (Wildman–Crippen MR) is 113 cm³/mol. The molecule has 0 spiro atoms. The highest BCUT2D eigenvalue weighted by Crippen LogP contribution is 2.30. The van der Waals surface area contributed by atoms with Crippen LogP contribution in [0.1, 0.15) is 21.7 Å². The third-order valence-electron chi connectivity index (χ3n) is 3.81. The summed E-state index contributed by atoms with van der Waals surface area (Å²) in [5.41, 5.74) is 0.881. The van der Waals surface area contributed by atoms with Gasteiger partial charge in [-0.1, -0.05) is 0 Å². The third-order valence-corrected chi connectivity index (χ3v) is 5.78. The van der Waals surface area contributed by atoms with E-state index in [9.17, 15) is 14.4 Å². The summed E-state index contributed by atoms with van der Waals surface area (Å²) in [6, 6.07) is 8.30. The average Bonchev–Trinajstić information content (AvgIpc) is 3.07. The second kappa shape index (κ2) is 9.48. The fourth-order valence-electron chi connectivity index (χ4n) is 2.50. The van der Waals surface area contributed by atoms with Gasteiger partial charge < -0.3 is 15.7 Å². The number of benzene rings is 1. The van der Waals surface area contributed by atoms with Gasteiger partial charge in [-0.25, -0.2) is 9.97 Å². The van der Waals surface area contributed by atoms with Crippen LogP contribution in [-0.2, 0) is 9.59 Å². The number of nitrogens with zero attached hydrogens (tertiary/aromatic N) is 2. The van der Waals surface area contributed by atoms with Crippen LogP contribution < -0.4 is 10.6 Å². The first-order chi connectivity index (χ1) is 13.9. The van der Waals surface area contributed by atoms with Gasteiger partial charge in [-0.15, -0.1) is 23.1 Å². The number of rotatable bonds is 8. The maximum Gasteiger partial charge on any atom is 0.322 e. The Bertz CT molecular complexity index is 1050. The van der Waals surface area contributed by atoms with Gasteiger partial charge in [-0.05, 0) is 37.3 Å². The Morgan fingerprint density at radius 3 is 2.66 bits per heavy atom. The molecule has 8 nitrogen and oxygen atoms in total. The van der Waals surface area contributed by atoms with Crippen LogP contribution in [0.25, 0.3) is 10.2 Å². The Morgan fingerprint density at radius 1 is 1.17 bits per heavy atom. The van der Waals surface area contributed by atoms with Gasteiger partial charge in [0.05, 0.1) is 0 Å². The van der Waals surface area contributed by atoms with Crippen molar-refractivity contribution in [3.8, 4) is 0 Å². The zero-order valence-corrected chi connectivity index (χ0v) is 17.1. The molecule has 3 N–H and O–H groups in total. The summed E-state index contributed by atoms with van der Waals surface area (Å²) in [4.78, 5) is 45.1. The van der Waals surface area contributed by atoms with Gasteiger partial charge in [0.1, 0.15) is 22.7 Å². The van der Waals surface area contributed by atoms with Crippen LogP contribution >= 0.6 is 23.1 Å². The molecule has 29 heavy (non-hydrogen) atoms. The number of thiophene rings is 1. The number of carbonyl (C=O) groups is 3. The molecule has 0 aliphatic carbocycles. The molecule has 3 aromatic rings. The van der Waals surface area contributed by atoms with Crippen LogP contribution in [0, 0.1) is 6.92 Å². The summed E-state index contributed by atoms with van der Waals surface area (Å²) < 4.78 is 0. The lowest BCUT2D eigenvalue weighted by atomic mass is 10.2. The van der Waals surface area contributed by atoms with Gasteiger partial charge >= 0.3 is 5.97 Å². The van der Waals surface area contributed by atoms with E-state index in [4.69, 9.17) is 5.11 Å². The van der Waals surface area contributed by atoms with Gasteiger partial charge in [-0.2, -0.15) is 0 Å². The molecule has 0 fully saturated rings. The van der Waals surface area contributed by atoms with E-state index in [1.807, 2.05) is 6.92 Å². The molecule has 2 aromatic heterocycles. The number of nitrogens with one attached hydrogen (secondary N) is 2. The largest absolute Gasteiger partial charge is 0.480 e. The van der Waals surface area contributed by atoms with Crippen molar-refractivity contribution in [1.29, 1.82) is 0 Å². The van der Waals surface area contributed by atoms with Crippen molar-refractivity contribution in [1.82, 2.24) is 15.3 Å². The number of thioether (sulfide) groups is 1. The molecule has 0 saturated carbocycles. The van der Waals surface area contributed by atoms with Crippen LogP contribution in [0.3, 0.4) is 0 Å². The number of amides is 2. The second-order valence-electron chi connectivity index (χ2n) is 6.06. The van der Waals surface area contributed by atoms with Crippen molar-refractivity contribution in [2.75, 3.05) is 17.6 Å². The molecule has 2 amide bonds. The Kier molecular flexibility index (Phi) is 6.78. The first-order valence-corrected chi connectivity index (χ1v) is 10.5. The van der Waals surface area contributed by atoms with Gasteiger partial charge in [0.15, 0.2) is 0 Å². The molecule has 0 aliphatic heterocycles. The number of carbonyl (C=O) groups excluding carboxylic acids is 2. The fourth-order valence-corrected chi connectivity index (χ4v) is 4.32. The first kappa shape index (κ1) is 20.7. The van der Waals surface area contributed by atoms with Gasteiger partial charge in [0.2, 0.25) is 5.91 Å². The SMILES string of the molecule is Cc1cc2c(SCCC(=O)Nc3ccc(C(=O)NCC(=O)O)cc3)ncnc2s1. The molecular formula is C19H18N4O4S2. The van der Waals surface area contributed by atoms with Crippen molar-refractivity contribution in [3.63, 3.8) is 0 Å². The van der Waals surface area contributed by atoms with Gasteiger partial charge in [0, 0.05) is 33.7 Å². The maximum absolute atomic E-state index is 12.2. The van der Waals surface area contributed by atoms with Crippen molar-refractivity contribution in [2.45, 2.75) is 18.4 Å². The number of fused-ring (bicyclic) bond motifs is 1. The molecule has 0 aliphatic rings. The lowest BCUT2D eigenvalue weighted by Gasteiger charge is -2.07. The lowest BCUT2D eigenvalue weighted by Crippen LogP contribution is -2.29. The molecule has 0 saturated heterocycles. The summed E-state index contributed by atoms with van der Waals surface area (Å²) in [6.45, 7) is 1.58. The summed E-state index contributed by atoms with van der Waals surface area (Å²) in [5, 5.41) is 15.5. The van der Waals surface area contributed by atoms with Crippen LogP contribution in [-0.4, -0.2) is 45.2 Å². The molecule has 3 rings (SSSR count). The Labute approximate surface area is 174 Å². The topological polar surface area (TPSA) is 121 Å². The standard InChI is InChI=1S/C19H18N4O4S2/c1-11-8-14-18(21-10-22-19(14)29-11)28-7-6-15(24)23-13-4-2-12(3-5-13)17(27)20-9-16(25)26/h2-5,8,10H,6-7,9H2,1H3,(H,20,27)(H,23,24)(H,25,26). The summed E-state index contributed by atoms with van der Waals surface area (Å²) in [7, 11) is 0. The Hall–Kier alpha value is -2.98. The molecule has 150 valence electrons. The van der Waals surface area contributed by atoms with E-state index in [0.29, 0.717) is 23.4 Å². The van der Waals surface area contributed by atoms with E-state index in [0.717, 1.165) is 15.2 Å². The number of carboxylic acids is 1. The molecule has 0 atom stereocenters. The van der Waals surface area contributed by atoms with Gasteiger partial charge in [0.25, 0.3) is 5.91 Å². The van der Waals surface area contributed by atoms with E-state index in [1.165, 1.54) is 35.1 Å². The van der Waals surface area contributed by atoms with Crippen molar-refractivity contribution >= 4 is 56.8 Å². The van der Waals surface area contributed by atoms with E-state index >= 15 is 0 Å². The zero-order valence-electron chi connectivity index (χ0n) is 15.5. The van der Waals surface area contributed by atoms with Crippen LogP contribution in [0.2, 0.25) is 0 Å². The third kappa shape index (κ3) is 5.75. The summed E-state index contributed by atoms with van der Waals surface area (Å²) in [6.07, 6.45) is 1.84. The molecular weight excluding hydrogens is 412 g/mol. The van der Waals surface area contributed by atoms with E-state index in [1.54, 1.807) is 23.5 Å². The average molecular weight is 431 g/mol. The van der Waals surface area contributed by atoms with Crippen molar-refractivity contribution in [2.24, 2.45) is 0 Å². The monoisotopic (exact) mass is 430 g/mol. The summed E-state index contributed by atoms with van der Waals surface area (Å²) in [5.74, 6) is -1.17. The number of aromatic nitrogens is 2. The number of aliphatic carboxylic acids is 1. The van der Waals surface area contributed by atoms with Gasteiger partial charge in [-0.3, -0.25) is 14.4 Å². The second-order valence-corrected chi connectivity index (χ2v) is 8.37. The minimum absolute atomic E-state index is 0.146. The number of anilines is 1. The molecule has 2 heterocycles. The van der Waals surface area contributed by atoms with Crippen molar-refractivity contribution < 1.29 is 19.5 Å². The van der Waals surface area contributed by atoms with E-state index in [2.05, 4.69) is 26.7 Å². The van der Waals surface area contributed by atoms with Crippen LogP contribution in [0.15, 0.2) is 41.7 Å². The normalized spacial score (nSPS) is 10.7. The number of carboxylic acid groups (broad SMARTS) is 1. The number of hydrogen-bond donors (Lipinski definition) is 3. The minimum atomic E-state index is -1.11. The Balaban J connectivity index is 1.49. The highest BCUT2D eigenvalue weighted by molar-refractivity contribution is 7.99. The Morgan fingerprint density at radius 2 is 1.93 bits per heavy atom. The molecule has 1 aromatic carbocycles. The number of hydrogen-bond acceptors (Lipinski definition) is 7. The molecule has 10 heteroatoms. The zero-order chi connectivity index (χ0) is 20.8. The highest BCUT2D eigenvalue weighted by Gasteiger charge is 2.10. The summed E-state index contributed by atoms with van der Waals surface area (Å²) >= 11 is 3.12. The quantitative estimate of drug-likeness (QED) is 0.371. The van der Waals surface area contributed by atoms with Crippen molar-refractivity contribution in [3.05, 3.63) is 47.1 Å². The maximum atomic E-state index is 12.2. The fraction of sp³-hybridized carbons (Fsp3) is 0.211. The molecule has 0 radical (unpaired) electrons. The predicted octanol–water partition coefficient (Wildman–Crippen LogP) is 2.94.